The Kier molecular flexibility index (Phi) is 2.31. The first-order chi connectivity index (χ1) is 6.18. The minimum absolute atomic E-state index is 0.180. The Morgan fingerprint density at radius 1 is 1.38 bits per heavy atom. The summed E-state index contributed by atoms with van der Waals surface area (Å²) >= 11 is 5.79. The minimum atomic E-state index is -0.180. The Balaban J connectivity index is 2.08. The predicted octanol–water partition coefficient (Wildman–Crippen LogP) is 2.82. The van der Waals surface area contributed by atoms with E-state index in [0.717, 1.165) is 11.4 Å². The average molecular weight is 197 g/mol. The molecule has 0 spiro atoms. The van der Waals surface area contributed by atoms with E-state index in [1.807, 2.05) is 19.1 Å². The van der Waals surface area contributed by atoms with E-state index >= 15 is 0 Å². The molecule has 0 bridgehead atoms. The molecular formula is C11H13ClO. The van der Waals surface area contributed by atoms with Crippen LogP contribution in [0.5, 0.6) is 0 Å². The van der Waals surface area contributed by atoms with Crippen LogP contribution in [0.3, 0.4) is 0 Å². The van der Waals surface area contributed by atoms with E-state index in [4.69, 9.17) is 11.6 Å². The lowest BCUT2D eigenvalue weighted by atomic mass is 10.1. The molecule has 1 saturated carbocycles. The molecule has 2 rings (SSSR count). The van der Waals surface area contributed by atoms with Crippen LogP contribution >= 0.6 is 11.6 Å². The maximum absolute atomic E-state index is 9.35. The van der Waals surface area contributed by atoms with E-state index in [9.17, 15) is 5.11 Å². The van der Waals surface area contributed by atoms with Gasteiger partial charge in [-0.25, -0.2) is 0 Å². The average Bonchev–Trinajstić information content (AvgIpc) is 2.85. The minimum Gasteiger partial charge on any atom is -0.393 e. The van der Waals surface area contributed by atoms with Crippen molar-refractivity contribution in [2.75, 3.05) is 0 Å². The number of aliphatic hydroxyl groups excluding tert-OH is 1. The van der Waals surface area contributed by atoms with Crippen molar-refractivity contribution in [2.45, 2.75) is 25.4 Å². The number of rotatable bonds is 2. The van der Waals surface area contributed by atoms with Gasteiger partial charge in [-0.1, -0.05) is 23.7 Å². The summed E-state index contributed by atoms with van der Waals surface area (Å²) in [6.45, 7) is 1.86. The maximum Gasteiger partial charge on any atom is 0.0546 e. The second-order valence-corrected chi connectivity index (χ2v) is 4.23. The van der Waals surface area contributed by atoms with Crippen molar-refractivity contribution in [2.24, 2.45) is 5.92 Å². The molecule has 2 heteroatoms. The van der Waals surface area contributed by atoms with Crippen LogP contribution in [-0.2, 0) is 0 Å². The Bertz CT molecular complexity index is 291. The van der Waals surface area contributed by atoms with Crippen molar-refractivity contribution < 1.29 is 5.11 Å². The summed E-state index contributed by atoms with van der Waals surface area (Å²) in [7, 11) is 0. The van der Waals surface area contributed by atoms with E-state index in [1.165, 1.54) is 5.56 Å². The van der Waals surface area contributed by atoms with Crippen LogP contribution in [0.25, 0.3) is 0 Å². The summed E-state index contributed by atoms with van der Waals surface area (Å²) < 4.78 is 0. The van der Waals surface area contributed by atoms with Gasteiger partial charge in [-0.15, -0.1) is 0 Å². The molecule has 0 amide bonds. The summed E-state index contributed by atoms with van der Waals surface area (Å²) in [4.78, 5) is 0. The van der Waals surface area contributed by atoms with Crippen LogP contribution in [0.2, 0.25) is 5.02 Å². The quantitative estimate of drug-likeness (QED) is 0.772. The number of hydrogen-bond acceptors (Lipinski definition) is 1. The van der Waals surface area contributed by atoms with Crippen LogP contribution in [-0.4, -0.2) is 11.2 Å². The molecule has 0 saturated heterocycles. The lowest BCUT2D eigenvalue weighted by Crippen LogP contribution is -2.03. The van der Waals surface area contributed by atoms with Crippen molar-refractivity contribution in [1.82, 2.24) is 0 Å². The van der Waals surface area contributed by atoms with Crippen LogP contribution in [0.4, 0.5) is 0 Å². The molecule has 70 valence electrons. The lowest BCUT2D eigenvalue weighted by Gasteiger charge is -2.02. The van der Waals surface area contributed by atoms with Crippen molar-refractivity contribution in [3.05, 3.63) is 34.9 Å². The van der Waals surface area contributed by atoms with Gasteiger partial charge in [-0.2, -0.15) is 0 Å². The molecule has 0 unspecified atom stereocenters. The number of halogens is 1. The fourth-order valence-corrected chi connectivity index (χ4v) is 1.97. The molecule has 1 aliphatic carbocycles. The van der Waals surface area contributed by atoms with Crippen LogP contribution in [0.15, 0.2) is 24.3 Å². The van der Waals surface area contributed by atoms with Crippen molar-refractivity contribution in [3.63, 3.8) is 0 Å². The molecule has 13 heavy (non-hydrogen) atoms. The van der Waals surface area contributed by atoms with Crippen LogP contribution < -0.4 is 0 Å². The molecule has 0 aromatic heterocycles. The highest BCUT2D eigenvalue weighted by Crippen LogP contribution is 2.49. The first-order valence-electron chi connectivity index (χ1n) is 4.62. The summed E-state index contributed by atoms with van der Waals surface area (Å²) in [5, 5.41) is 10.1. The normalized spacial score (nSPS) is 28.5. The molecule has 0 heterocycles. The molecule has 0 radical (unpaired) electrons. The number of hydrogen-bond donors (Lipinski definition) is 1. The van der Waals surface area contributed by atoms with Gasteiger partial charge in [0.2, 0.25) is 0 Å². The van der Waals surface area contributed by atoms with Crippen molar-refractivity contribution in [1.29, 1.82) is 0 Å². The summed E-state index contributed by atoms with van der Waals surface area (Å²) in [5.74, 6) is 1.01. The first-order valence-corrected chi connectivity index (χ1v) is 5.00. The zero-order valence-corrected chi connectivity index (χ0v) is 8.33. The molecule has 1 nitrogen and oxygen atoms in total. The van der Waals surface area contributed by atoms with E-state index in [2.05, 4.69) is 12.1 Å². The third-order valence-corrected chi connectivity index (χ3v) is 3.01. The Morgan fingerprint density at radius 2 is 2.00 bits per heavy atom. The molecule has 1 aromatic carbocycles. The molecule has 0 aliphatic heterocycles. The van der Waals surface area contributed by atoms with Gasteiger partial charge < -0.3 is 5.11 Å². The number of aliphatic hydroxyl groups is 1. The first kappa shape index (κ1) is 9.04. The van der Waals surface area contributed by atoms with E-state index in [1.54, 1.807) is 0 Å². The van der Waals surface area contributed by atoms with Gasteiger partial charge in [0.05, 0.1) is 6.10 Å². The summed E-state index contributed by atoms with van der Waals surface area (Å²) in [5.41, 5.74) is 1.30. The zero-order valence-electron chi connectivity index (χ0n) is 7.57. The molecule has 3 atom stereocenters. The zero-order chi connectivity index (χ0) is 9.42. The second-order valence-electron chi connectivity index (χ2n) is 3.80. The van der Waals surface area contributed by atoms with Gasteiger partial charge in [-0.3, -0.25) is 0 Å². The van der Waals surface area contributed by atoms with Crippen LogP contribution in [0.1, 0.15) is 24.8 Å². The van der Waals surface area contributed by atoms with Gasteiger partial charge in [0.1, 0.15) is 0 Å². The highest BCUT2D eigenvalue weighted by molar-refractivity contribution is 6.30. The van der Waals surface area contributed by atoms with Gasteiger partial charge >= 0.3 is 0 Å². The predicted molar refractivity (Wildman–Crippen MR) is 54.0 cm³/mol. The van der Waals surface area contributed by atoms with Crippen molar-refractivity contribution in [3.8, 4) is 0 Å². The standard InChI is InChI=1S/C11H13ClO/c1-7(13)10-6-11(10)8-2-4-9(12)5-3-8/h2-5,7,10-11,13H,6H2,1H3/t7-,10+,11-/m1/s1. The fraction of sp³-hybridized carbons (Fsp3) is 0.455. The highest BCUT2D eigenvalue weighted by Gasteiger charge is 2.41. The van der Waals surface area contributed by atoms with E-state index in [-0.39, 0.29) is 6.10 Å². The van der Waals surface area contributed by atoms with Gasteiger partial charge in [0.15, 0.2) is 0 Å². The summed E-state index contributed by atoms with van der Waals surface area (Å²) in [6, 6.07) is 7.92. The maximum atomic E-state index is 9.35. The molecule has 1 fully saturated rings. The molecule has 1 aromatic rings. The van der Waals surface area contributed by atoms with Gasteiger partial charge in [0.25, 0.3) is 0 Å². The largest absolute Gasteiger partial charge is 0.393 e. The second kappa shape index (κ2) is 3.32. The fourth-order valence-electron chi connectivity index (χ4n) is 1.84. The highest BCUT2D eigenvalue weighted by atomic mass is 35.5. The Hall–Kier alpha value is -0.530. The molecular weight excluding hydrogens is 184 g/mol. The van der Waals surface area contributed by atoms with Crippen LogP contribution in [0, 0.1) is 5.92 Å². The third kappa shape index (κ3) is 1.87. The number of benzene rings is 1. The van der Waals surface area contributed by atoms with E-state index in [0.29, 0.717) is 11.8 Å². The Morgan fingerprint density at radius 3 is 2.46 bits per heavy atom. The third-order valence-electron chi connectivity index (χ3n) is 2.76. The van der Waals surface area contributed by atoms with Gasteiger partial charge in [0, 0.05) is 5.02 Å². The lowest BCUT2D eigenvalue weighted by molar-refractivity contribution is 0.169. The van der Waals surface area contributed by atoms with Crippen molar-refractivity contribution >= 4 is 11.6 Å². The Labute approximate surface area is 83.3 Å². The molecule has 1 N–H and O–H groups in total. The SMILES string of the molecule is C[C@@H](O)[C@@H]1C[C@@H]1c1ccc(Cl)cc1. The summed E-state index contributed by atoms with van der Waals surface area (Å²) in [6.07, 6.45) is 0.930. The smallest absolute Gasteiger partial charge is 0.0546 e. The topological polar surface area (TPSA) is 20.2 Å². The molecule has 1 aliphatic rings. The monoisotopic (exact) mass is 196 g/mol. The van der Waals surface area contributed by atoms with E-state index < -0.39 is 0 Å². The van der Waals surface area contributed by atoms with Gasteiger partial charge in [-0.05, 0) is 42.9 Å².